The molecule has 5 amide bonds. The first kappa shape index (κ1) is 28.4. The summed E-state index contributed by atoms with van der Waals surface area (Å²) >= 11 is 0. The van der Waals surface area contributed by atoms with Crippen LogP contribution in [-0.2, 0) is 24.0 Å². The van der Waals surface area contributed by atoms with Gasteiger partial charge in [-0.25, -0.2) is 0 Å². The first-order valence-electron chi connectivity index (χ1n) is 13.8. The minimum atomic E-state index is -5.19. The number of rotatable bonds is 7. The van der Waals surface area contributed by atoms with Crippen molar-refractivity contribution in [2.24, 2.45) is 40.7 Å². The summed E-state index contributed by atoms with van der Waals surface area (Å²) < 4.78 is 39.4. The SMILES string of the molecule is CC(C)(C)[C@H](NC(=O)C(F)(F)F)C(=O)N1C[C@H]2[C@@H]([C@H]1C(=O)N[C@@H](C[C@@H]1CC3(CC3)NC1=O)C(N)=O)[C@H]1C=C[C@@H]2C1. The number of amides is 5. The highest BCUT2D eigenvalue weighted by Crippen LogP contribution is 2.54. The molecule has 2 aliphatic heterocycles. The highest BCUT2D eigenvalue weighted by Gasteiger charge is 2.59. The summed E-state index contributed by atoms with van der Waals surface area (Å²) in [6.07, 6.45) is 1.94. The van der Waals surface area contributed by atoms with Crippen molar-refractivity contribution in [2.75, 3.05) is 6.54 Å². The van der Waals surface area contributed by atoms with Crippen LogP contribution in [0.1, 0.15) is 52.9 Å². The lowest BCUT2D eigenvalue weighted by Crippen LogP contribution is -2.61. The van der Waals surface area contributed by atoms with E-state index in [1.165, 1.54) is 25.7 Å². The lowest BCUT2D eigenvalue weighted by atomic mass is 9.81. The van der Waals surface area contributed by atoms with E-state index in [-0.39, 0.29) is 48.1 Å². The van der Waals surface area contributed by atoms with E-state index in [2.05, 4.69) is 10.6 Å². The van der Waals surface area contributed by atoms with Gasteiger partial charge in [0, 0.05) is 18.0 Å². The van der Waals surface area contributed by atoms with E-state index in [0.717, 1.165) is 19.3 Å². The number of carbonyl (C=O) groups is 5. The fourth-order valence-corrected chi connectivity index (χ4v) is 7.24. The second kappa shape index (κ2) is 9.47. The molecule has 5 aliphatic rings. The zero-order valence-corrected chi connectivity index (χ0v) is 22.7. The summed E-state index contributed by atoms with van der Waals surface area (Å²) in [6, 6.07) is -3.78. The van der Waals surface area contributed by atoms with Gasteiger partial charge in [-0.2, -0.15) is 13.2 Å². The van der Waals surface area contributed by atoms with E-state index in [1.807, 2.05) is 17.5 Å². The lowest BCUT2D eigenvalue weighted by molar-refractivity contribution is -0.176. The van der Waals surface area contributed by atoms with Crippen LogP contribution in [0.3, 0.4) is 0 Å². The molecular formula is C27H36F3N5O5. The monoisotopic (exact) mass is 567 g/mol. The van der Waals surface area contributed by atoms with Gasteiger partial charge >= 0.3 is 12.1 Å². The van der Waals surface area contributed by atoms with Crippen molar-refractivity contribution >= 4 is 29.5 Å². The van der Waals surface area contributed by atoms with Crippen LogP contribution in [0, 0.1) is 35.0 Å². The lowest BCUT2D eigenvalue weighted by Gasteiger charge is -2.37. The fourth-order valence-electron chi connectivity index (χ4n) is 7.24. The molecule has 2 saturated carbocycles. The highest BCUT2D eigenvalue weighted by molar-refractivity contribution is 5.96. The zero-order valence-electron chi connectivity index (χ0n) is 22.7. The maximum Gasteiger partial charge on any atom is 0.471 e. The smallest absolute Gasteiger partial charge is 0.368 e. The summed E-state index contributed by atoms with van der Waals surface area (Å²) in [6.45, 7) is 4.74. The van der Waals surface area contributed by atoms with E-state index in [0.29, 0.717) is 6.42 Å². The Morgan fingerprint density at radius 2 is 1.77 bits per heavy atom. The van der Waals surface area contributed by atoms with Crippen molar-refractivity contribution in [3.05, 3.63) is 12.2 Å². The quantitative estimate of drug-likeness (QED) is 0.335. The van der Waals surface area contributed by atoms with E-state index < -0.39 is 59.3 Å². The van der Waals surface area contributed by atoms with Crippen molar-refractivity contribution in [3.8, 4) is 0 Å². The van der Waals surface area contributed by atoms with Crippen molar-refractivity contribution < 1.29 is 37.1 Å². The number of primary amides is 1. The predicted octanol–water partition coefficient (Wildman–Crippen LogP) is 0.758. The summed E-state index contributed by atoms with van der Waals surface area (Å²) in [7, 11) is 0. The minimum absolute atomic E-state index is 0.0104. The number of fused-ring (bicyclic) bond motifs is 5. The average Bonchev–Trinajstić information content (AvgIpc) is 3.20. The second-order valence-electron chi connectivity index (χ2n) is 13.3. The third-order valence-electron chi connectivity index (χ3n) is 9.42. The van der Waals surface area contributed by atoms with Crippen LogP contribution >= 0.6 is 0 Å². The molecule has 13 heteroatoms. The van der Waals surface area contributed by atoms with Gasteiger partial charge in [-0.05, 0) is 61.2 Å². The maximum absolute atomic E-state index is 13.9. The molecule has 0 radical (unpaired) electrons. The number of hydrogen-bond acceptors (Lipinski definition) is 5. The Balaban J connectivity index is 1.39. The van der Waals surface area contributed by atoms with Gasteiger partial charge in [0.1, 0.15) is 18.1 Å². The van der Waals surface area contributed by atoms with E-state index in [9.17, 15) is 37.1 Å². The summed E-state index contributed by atoms with van der Waals surface area (Å²) in [4.78, 5) is 65.7. The molecule has 2 saturated heterocycles. The molecule has 0 aromatic rings. The Labute approximate surface area is 230 Å². The van der Waals surface area contributed by atoms with Gasteiger partial charge in [0.05, 0.1) is 0 Å². The number of likely N-dealkylation sites (tertiary alicyclic amines) is 1. The number of halogens is 3. The molecule has 220 valence electrons. The number of hydrogen-bond donors (Lipinski definition) is 4. The molecule has 5 rings (SSSR count). The van der Waals surface area contributed by atoms with Gasteiger partial charge < -0.3 is 26.6 Å². The number of nitrogens with one attached hydrogen (secondary N) is 3. The Morgan fingerprint density at radius 3 is 2.33 bits per heavy atom. The summed E-state index contributed by atoms with van der Waals surface area (Å²) in [5.41, 5.74) is 4.30. The number of nitrogens with two attached hydrogens (primary N) is 1. The van der Waals surface area contributed by atoms with E-state index in [1.54, 1.807) is 0 Å². The van der Waals surface area contributed by atoms with Crippen LogP contribution in [0.2, 0.25) is 0 Å². The molecule has 2 bridgehead atoms. The van der Waals surface area contributed by atoms with Gasteiger partial charge in [-0.15, -0.1) is 0 Å². The molecular weight excluding hydrogens is 531 g/mol. The third-order valence-corrected chi connectivity index (χ3v) is 9.42. The molecule has 1 spiro atoms. The van der Waals surface area contributed by atoms with Crippen LogP contribution in [-0.4, -0.2) is 70.8 Å². The Hall–Kier alpha value is -3.12. The number of allylic oxidation sites excluding steroid dienone is 2. The first-order chi connectivity index (χ1) is 18.5. The highest BCUT2D eigenvalue weighted by atomic mass is 19.4. The Bertz CT molecular complexity index is 1160. The van der Waals surface area contributed by atoms with Gasteiger partial charge in [0.2, 0.25) is 23.6 Å². The van der Waals surface area contributed by atoms with Crippen LogP contribution in [0.25, 0.3) is 0 Å². The Kier molecular flexibility index (Phi) is 6.73. The molecule has 0 aromatic carbocycles. The van der Waals surface area contributed by atoms with Gasteiger partial charge in [0.15, 0.2) is 0 Å². The number of nitrogens with zero attached hydrogens (tertiary/aromatic N) is 1. The van der Waals surface area contributed by atoms with Crippen LogP contribution in [0.4, 0.5) is 13.2 Å². The third kappa shape index (κ3) is 5.07. The van der Waals surface area contributed by atoms with Crippen molar-refractivity contribution in [1.82, 2.24) is 20.9 Å². The number of alkyl halides is 3. The summed E-state index contributed by atoms with van der Waals surface area (Å²) in [5.74, 6) is -5.45. The van der Waals surface area contributed by atoms with Crippen molar-refractivity contribution in [2.45, 2.75) is 82.7 Å². The predicted molar refractivity (Wildman–Crippen MR) is 135 cm³/mol. The Morgan fingerprint density at radius 1 is 1.12 bits per heavy atom. The molecule has 3 aliphatic carbocycles. The van der Waals surface area contributed by atoms with Crippen LogP contribution in [0.5, 0.6) is 0 Å². The molecule has 4 fully saturated rings. The van der Waals surface area contributed by atoms with Crippen molar-refractivity contribution in [3.63, 3.8) is 0 Å². The molecule has 2 heterocycles. The van der Waals surface area contributed by atoms with Crippen LogP contribution in [0.15, 0.2) is 12.2 Å². The van der Waals surface area contributed by atoms with E-state index >= 15 is 0 Å². The fraction of sp³-hybridized carbons (Fsp3) is 0.741. The topological polar surface area (TPSA) is 151 Å². The molecule has 0 aromatic heterocycles. The van der Waals surface area contributed by atoms with Gasteiger partial charge in [-0.1, -0.05) is 32.9 Å². The molecule has 10 nitrogen and oxygen atoms in total. The molecule has 5 N–H and O–H groups in total. The van der Waals surface area contributed by atoms with Gasteiger partial charge in [0.25, 0.3) is 0 Å². The minimum Gasteiger partial charge on any atom is -0.368 e. The standard InChI is InChI=1S/C27H36F3N5O5/c1-25(2,3)19(33-24(40)27(28,29)30)23(39)35-11-15-12-4-5-13(8-12)17(15)18(35)22(38)32-16(20(31)36)9-14-10-26(6-7-26)34-21(14)37/h4-5,12-19H,6-11H2,1-3H3,(H2,31,36)(H,32,38)(H,33,40)(H,34,37)/t12-,13+,14-,15-,16+,17+,18+,19-/m1/s1. The first-order valence-corrected chi connectivity index (χ1v) is 13.8. The normalized spacial score (nSPS) is 33.0. The van der Waals surface area contributed by atoms with Crippen LogP contribution < -0.4 is 21.7 Å². The maximum atomic E-state index is 13.9. The van der Waals surface area contributed by atoms with Crippen molar-refractivity contribution in [1.29, 1.82) is 0 Å². The van der Waals surface area contributed by atoms with E-state index in [4.69, 9.17) is 5.73 Å². The summed E-state index contributed by atoms with van der Waals surface area (Å²) in [5, 5.41) is 7.47. The molecule has 0 unspecified atom stereocenters. The molecule has 40 heavy (non-hydrogen) atoms. The average molecular weight is 568 g/mol. The largest absolute Gasteiger partial charge is 0.471 e. The number of carbonyl (C=O) groups excluding carboxylic acids is 5. The van der Waals surface area contributed by atoms with Gasteiger partial charge in [-0.3, -0.25) is 24.0 Å². The second-order valence-corrected chi connectivity index (χ2v) is 13.3. The molecule has 8 atom stereocenters. The zero-order chi connectivity index (χ0) is 29.4.